The molecule has 0 aliphatic rings. The molecule has 0 aliphatic carbocycles. The lowest BCUT2D eigenvalue weighted by atomic mass is 11.2. The van der Waals surface area contributed by atoms with Gasteiger partial charge in [0, 0.05) is 2.85 Å². The molecule has 5 heteroatoms. The molecule has 1 aromatic rings. The van der Waals surface area contributed by atoms with Crippen LogP contribution in [0.5, 0.6) is 0 Å². The van der Waals surface area contributed by atoms with Crippen LogP contribution in [0.2, 0.25) is 0 Å². The van der Waals surface area contributed by atoms with Crippen molar-refractivity contribution < 1.29 is 2.85 Å². The number of tetrazole rings is 1. The van der Waals surface area contributed by atoms with Crippen molar-refractivity contribution in [3.8, 4) is 0 Å². The Bertz CT molecular complexity index is 114. The third kappa shape index (κ3) is 0.291. The van der Waals surface area contributed by atoms with Gasteiger partial charge < -0.3 is 5.73 Å². The monoisotopic (exact) mass is 89.1 g/mol. The topological polar surface area (TPSA) is 80.5 Å². The van der Waals surface area contributed by atoms with E-state index in [2.05, 4.69) is 20.6 Å². The van der Waals surface area contributed by atoms with E-state index < -0.39 is 0 Å². The minimum absolute atomic E-state index is 0. The Labute approximate surface area is 36.5 Å². The fraction of sp³-hybridized carbons (Fsp3) is 0. The summed E-state index contributed by atoms with van der Waals surface area (Å²) in [6.07, 6.45) is 0. The van der Waals surface area contributed by atoms with E-state index in [1.54, 1.807) is 0 Å². The molecule has 0 saturated carbocycles. The van der Waals surface area contributed by atoms with Crippen LogP contribution in [0.4, 0.5) is 5.95 Å². The molecule has 36 valence electrons. The highest BCUT2D eigenvalue weighted by Crippen LogP contribution is 1.72. The molecule has 0 atom stereocenters. The SMILES string of the molecule is Nc1nn[nH]n1.[HH].[HH]. The lowest BCUT2D eigenvalue weighted by Gasteiger charge is -1.62. The number of nitrogens with two attached hydrogens (primary N) is 1. The van der Waals surface area contributed by atoms with Crippen molar-refractivity contribution in [3.05, 3.63) is 0 Å². The summed E-state index contributed by atoms with van der Waals surface area (Å²) in [5, 5.41) is 12.0. The maximum atomic E-state index is 4.96. The highest BCUT2D eigenvalue weighted by molar-refractivity contribution is 5.05. The number of nitrogens with one attached hydrogen (secondary N) is 1. The quantitative estimate of drug-likeness (QED) is 0.439. The Balaban J connectivity index is 0. The van der Waals surface area contributed by atoms with Gasteiger partial charge in [-0.25, -0.2) is 0 Å². The molecule has 0 bridgehead atoms. The van der Waals surface area contributed by atoms with Crippen molar-refractivity contribution in [3.63, 3.8) is 0 Å². The first-order valence-corrected chi connectivity index (χ1v) is 1.38. The van der Waals surface area contributed by atoms with Crippen molar-refractivity contribution in [2.75, 3.05) is 5.73 Å². The zero-order valence-electron chi connectivity index (χ0n) is 2.92. The Morgan fingerprint density at radius 3 is 2.83 bits per heavy atom. The number of aromatic amines is 1. The van der Waals surface area contributed by atoms with E-state index in [0.29, 0.717) is 0 Å². The Morgan fingerprint density at radius 2 is 2.67 bits per heavy atom. The molecule has 0 aromatic carbocycles. The van der Waals surface area contributed by atoms with Gasteiger partial charge in [0.05, 0.1) is 0 Å². The van der Waals surface area contributed by atoms with Crippen LogP contribution in [0.15, 0.2) is 0 Å². The summed E-state index contributed by atoms with van der Waals surface area (Å²) in [4.78, 5) is 0. The third-order valence-electron chi connectivity index (χ3n) is 0.362. The summed E-state index contributed by atoms with van der Waals surface area (Å²) in [6.45, 7) is 0. The molecule has 1 rings (SSSR count). The average Bonchev–Trinajstić information content (AvgIpc) is 1.86. The molecule has 3 N–H and O–H groups in total. The van der Waals surface area contributed by atoms with Gasteiger partial charge in [-0.05, 0) is 5.21 Å². The highest BCUT2D eigenvalue weighted by Gasteiger charge is 1.78. The fourth-order valence-corrected chi connectivity index (χ4v) is 0.170. The van der Waals surface area contributed by atoms with Crippen LogP contribution in [0.1, 0.15) is 2.85 Å². The number of rotatable bonds is 0. The molecule has 0 saturated heterocycles. The molecule has 0 amide bonds. The molecule has 5 nitrogen and oxygen atoms in total. The standard InChI is InChI=1S/CH3N5.2H2/c2-1-3-5-6-4-1;;/h(H3,2,3,4,5,6);2*1H. The predicted molar refractivity (Wildman–Crippen MR) is 22.8 cm³/mol. The van der Waals surface area contributed by atoms with Crippen LogP contribution in [0.3, 0.4) is 0 Å². The molecule has 1 heterocycles. The van der Waals surface area contributed by atoms with Crippen LogP contribution in [0, 0.1) is 0 Å². The molecule has 0 spiro atoms. The summed E-state index contributed by atoms with van der Waals surface area (Å²) >= 11 is 0. The minimum Gasteiger partial charge on any atom is -0.365 e. The highest BCUT2D eigenvalue weighted by atomic mass is 15.5. The fourth-order valence-electron chi connectivity index (χ4n) is 0.170. The van der Waals surface area contributed by atoms with Crippen molar-refractivity contribution in [2.24, 2.45) is 0 Å². The van der Waals surface area contributed by atoms with Gasteiger partial charge in [-0.2, -0.15) is 5.21 Å². The van der Waals surface area contributed by atoms with Crippen molar-refractivity contribution in [2.45, 2.75) is 0 Å². The Hall–Kier alpha value is -1.13. The molecule has 6 heavy (non-hydrogen) atoms. The number of nitrogens with zero attached hydrogens (tertiary/aromatic N) is 3. The second kappa shape index (κ2) is 0.925. The summed E-state index contributed by atoms with van der Waals surface area (Å²) in [5.41, 5.74) is 4.96. The normalized spacial score (nSPS) is 8.67. The number of aromatic nitrogens is 4. The van der Waals surface area contributed by atoms with Crippen molar-refractivity contribution in [1.29, 1.82) is 0 Å². The van der Waals surface area contributed by atoms with Gasteiger partial charge in [0.15, 0.2) is 0 Å². The molecule has 0 unspecified atom stereocenters. The molecular weight excluding hydrogens is 82.0 g/mol. The number of anilines is 1. The maximum Gasteiger partial charge on any atom is 0.260 e. The number of nitrogen functional groups attached to an aromatic ring is 1. The van der Waals surface area contributed by atoms with E-state index in [4.69, 9.17) is 5.73 Å². The molecule has 0 radical (unpaired) electrons. The van der Waals surface area contributed by atoms with Crippen LogP contribution in [-0.4, -0.2) is 20.6 Å². The largest absolute Gasteiger partial charge is 0.365 e. The van der Waals surface area contributed by atoms with Gasteiger partial charge in [-0.1, -0.05) is 5.10 Å². The Morgan fingerprint density at radius 1 is 1.83 bits per heavy atom. The maximum absolute atomic E-state index is 4.96. The van der Waals surface area contributed by atoms with E-state index >= 15 is 0 Å². The van der Waals surface area contributed by atoms with Crippen LogP contribution in [-0.2, 0) is 0 Å². The van der Waals surface area contributed by atoms with Crippen LogP contribution in [0.25, 0.3) is 0 Å². The van der Waals surface area contributed by atoms with Gasteiger partial charge in [-0.15, -0.1) is 5.10 Å². The molecular formula is CH7N5. The molecule has 0 aliphatic heterocycles. The first-order chi connectivity index (χ1) is 2.89. The van der Waals surface area contributed by atoms with Gasteiger partial charge in [0.25, 0.3) is 5.95 Å². The van der Waals surface area contributed by atoms with E-state index in [1.807, 2.05) is 0 Å². The van der Waals surface area contributed by atoms with E-state index in [9.17, 15) is 0 Å². The summed E-state index contributed by atoms with van der Waals surface area (Å²) in [6, 6.07) is 0. The second-order valence-corrected chi connectivity index (χ2v) is 0.770. The third-order valence-corrected chi connectivity index (χ3v) is 0.362. The van der Waals surface area contributed by atoms with Gasteiger partial charge in [0.1, 0.15) is 0 Å². The molecule has 1 aromatic heterocycles. The number of H-pyrrole nitrogens is 1. The van der Waals surface area contributed by atoms with Crippen LogP contribution < -0.4 is 5.73 Å². The van der Waals surface area contributed by atoms with Gasteiger partial charge in [-0.3, -0.25) is 0 Å². The first-order valence-electron chi connectivity index (χ1n) is 1.38. The van der Waals surface area contributed by atoms with E-state index in [-0.39, 0.29) is 8.80 Å². The minimum atomic E-state index is 0. The lowest BCUT2D eigenvalue weighted by Crippen LogP contribution is -1.84. The van der Waals surface area contributed by atoms with E-state index in [1.165, 1.54) is 0 Å². The molecule has 0 fully saturated rings. The summed E-state index contributed by atoms with van der Waals surface area (Å²) in [7, 11) is 0. The smallest absolute Gasteiger partial charge is 0.260 e. The van der Waals surface area contributed by atoms with Crippen molar-refractivity contribution in [1.82, 2.24) is 20.6 Å². The zero-order chi connectivity index (χ0) is 4.41. The van der Waals surface area contributed by atoms with Crippen LogP contribution >= 0.6 is 0 Å². The summed E-state index contributed by atoms with van der Waals surface area (Å²) < 4.78 is 0. The van der Waals surface area contributed by atoms with Gasteiger partial charge in [0.2, 0.25) is 0 Å². The number of hydrogen-bond acceptors (Lipinski definition) is 4. The first kappa shape index (κ1) is 3.08. The van der Waals surface area contributed by atoms with Crippen molar-refractivity contribution >= 4 is 5.95 Å². The second-order valence-electron chi connectivity index (χ2n) is 0.770. The van der Waals surface area contributed by atoms with Gasteiger partial charge >= 0.3 is 0 Å². The number of hydrogen-bond donors (Lipinski definition) is 2. The zero-order valence-corrected chi connectivity index (χ0v) is 2.92. The predicted octanol–water partition coefficient (Wildman–Crippen LogP) is -0.726. The van der Waals surface area contributed by atoms with E-state index in [0.717, 1.165) is 0 Å². The summed E-state index contributed by atoms with van der Waals surface area (Å²) in [5.74, 6) is 0.176. The Kier molecular flexibility index (Phi) is 0.474. The average molecular weight is 89.1 g/mol. The lowest BCUT2D eigenvalue weighted by molar-refractivity contribution is 0.881.